The Morgan fingerprint density at radius 3 is 2.88 bits per heavy atom. The van der Waals surface area contributed by atoms with Crippen molar-refractivity contribution in [1.82, 2.24) is 0 Å². The van der Waals surface area contributed by atoms with Gasteiger partial charge in [-0.1, -0.05) is 18.2 Å². The highest BCUT2D eigenvalue weighted by atomic mass is 32.1. The van der Waals surface area contributed by atoms with Crippen LogP contribution in [-0.2, 0) is 13.2 Å². The molecule has 3 heteroatoms. The van der Waals surface area contributed by atoms with Gasteiger partial charge in [-0.25, -0.2) is 0 Å². The molecule has 0 aliphatic carbocycles. The quantitative estimate of drug-likeness (QED) is 0.880. The normalized spacial score (nSPS) is 10.4. The molecule has 0 aliphatic heterocycles. The number of aryl methyl sites for hydroxylation is 1. The first-order valence-electron chi connectivity index (χ1n) is 5.14. The molecule has 0 unspecified atom stereocenters. The molecule has 2 rings (SSSR count). The maximum Gasteiger partial charge on any atom is 0.128 e. The summed E-state index contributed by atoms with van der Waals surface area (Å²) >= 11 is 1.66. The second-order valence-electron chi connectivity index (χ2n) is 3.64. The van der Waals surface area contributed by atoms with Crippen LogP contribution in [0.1, 0.15) is 16.7 Å². The number of aliphatic hydroxyl groups is 1. The average molecular weight is 234 g/mol. The third kappa shape index (κ3) is 2.43. The molecule has 2 nitrogen and oxygen atoms in total. The van der Waals surface area contributed by atoms with Gasteiger partial charge < -0.3 is 9.84 Å². The molecule has 0 atom stereocenters. The SMILES string of the molecule is Cc1cccc(CO)c1OCc1ccsc1. The van der Waals surface area contributed by atoms with Crippen molar-refractivity contribution in [2.75, 3.05) is 0 Å². The van der Waals surface area contributed by atoms with Crippen LogP contribution < -0.4 is 4.74 Å². The molecule has 1 N–H and O–H groups in total. The van der Waals surface area contributed by atoms with E-state index >= 15 is 0 Å². The maximum absolute atomic E-state index is 9.22. The molecule has 0 amide bonds. The minimum atomic E-state index is 0.0145. The van der Waals surface area contributed by atoms with Gasteiger partial charge in [0, 0.05) is 5.56 Å². The fourth-order valence-electron chi connectivity index (χ4n) is 1.57. The summed E-state index contributed by atoms with van der Waals surface area (Å²) in [6.45, 7) is 2.56. The first kappa shape index (κ1) is 11.2. The van der Waals surface area contributed by atoms with Crippen molar-refractivity contribution in [3.05, 3.63) is 51.7 Å². The van der Waals surface area contributed by atoms with E-state index in [1.807, 2.05) is 36.6 Å². The summed E-state index contributed by atoms with van der Waals surface area (Å²) in [4.78, 5) is 0. The predicted octanol–water partition coefficient (Wildman–Crippen LogP) is 3.13. The molecule has 0 fully saturated rings. The minimum Gasteiger partial charge on any atom is -0.488 e. The maximum atomic E-state index is 9.22. The first-order valence-corrected chi connectivity index (χ1v) is 6.09. The number of para-hydroxylation sites is 1. The summed E-state index contributed by atoms with van der Waals surface area (Å²) in [6.07, 6.45) is 0. The Morgan fingerprint density at radius 2 is 2.19 bits per heavy atom. The highest BCUT2D eigenvalue weighted by Crippen LogP contribution is 2.24. The zero-order valence-corrected chi connectivity index (χ0v) is 9.96. The lowest BCUT2D eigenvalue weighted by molar-refractivity contribution is 0.258. The van der Waals surface area contributed by atoms with Gasteiger partial charge in [-0.2, -0.15) is 11.3 Å². The molecule has 0 aliphatic rings. The topological polar surface area (TPSA) is 29.5 Å². The molecule has 0 spiro atoms. The summed E-state index contributed by atoms with van der Waals surface area (Å²) < 4.78 is 5.75. The van der Waals surface area contributed by atoms with Gasteiger partial charge in [0.25, 0.3) is 0 Å². The highest BCUT2D eigenvalue weighted by molar-refractivity contribution is 7.07. The van der Waals surface area contributed by atoms with E-state index in [2.05, 4.69) is 5.38 Å². The lowest BCUT2D eigenvalue weighted by Crippen LogP contribution is -1.99. The summed E-state index contributed by atoms with van der Waals surface area (Å²) in [5.41, 5.74) is 3.06. The van der Waals surface area contributed by atoms with Crippen molar-refractivity contribution in [3.63, 3.8) is 0 Å². The largest absolute Gasteiger partial charge is 0.488 e. The third-order valence-corrected chi connectivity index (χ3v) is 3.16. The van der Waals surface area contributed by atoms with Crippen LogP contribution in [0, 0.1) is 6.92 Å². The summed E-state index contributed by atoms with van der Waals surface area (Å²) in [5.74, 6) is 0.802. The summed E-state index contributed by atoms with van der Waals surface area (Å²) in [5, 5.41) is 13.3. The number of hydrogen-bond donors (Lipinski definition) is 1. The van der Waals surface area contributed by atoms with Crippen molar-refractivity contribution in [2.45, 2.75) is 20.1 Å². The van der Waals surface area contributed by atoms with Crippen molar-refractivity contribution in [1.29, 1.82) is 0 Å². The van der Waals surface area contributed by atoms with Crippen LogP contribution in [0.25, 0.3) is 0 Å². The van der Waals surface area contributed by atoms with E-state index in [0.29, 0.717) is 6.61 Å². The second kappa shape index (κ2) is 5.14. The van der Waals surface area contributed by atoms with E-state index in [4.69, 9.17) is 4.74 Å². The van der Waals surface area contributed by atoms with E-state index in [-0.39, 0.29) is 6.61 Å². The summed E-state index contributed by atoms with van der Waals surface area (Å²) in [7, 11) is 0. The molecule has 16 heavy (non-hydrogen) atoms. The van der Waals surface area contributed by atoms with Crippen molar-refractivity contribution >= 4 is 11.3 Å². The zero-order valence-electron chi connectivity index (χ0n) is 9.14. The third-order valence-electron chi connectivity index (χ3n) is 2.43. The van der Waals surface area contributed by atoms with Crippen molar-refractivity contribution < 1.29 is 9.84 Å². The number of rotatable bonds is 4. The fourth-order valence-corrected chi connectivity index (χ4v) is 2.23. The number of aliphatic hydroxyl groups excluding tert-OH is 1. The monoisotopic (exact) mass is 234 g/mol. The Kier molecular flexibility index (Phi) is 3.59. The molecule has 84 valence electrons. The molecule has 1 aromatic carbocycles. The predicted molar refractivity (Wildman–Crippen MR) is 65.8 cm³/mol. The van der Waals surface area contributed by atoms with E-state index in [0.717, 1.165) is 22.4 Å². The number of hydrogen-bond acceptors (Lipinski definition) is 3. The highest BCUT2D eigenvalue weighted by Gasteiger charge is 2.06. The molecule has 1 aromatic heterocycles. The molecule has 1 heterocycles. The number of ether oxygens (including phenoxy) is 1. The Balaban J connectivity index is 2.14. The molecule has 2 aromatic rings. The van der Waals surface area contributed by atoms with Gasteiger partial charge in [-0.05, 0) is 34.9 Å². The van der Waals surface area contributed by atoms with Gasteiger partial charge in [-0.3, -0.25) is 0 Å². The smallest absolute Gasteiger partial charge is 0.128 e. The van der Waals surface area contributed by atoms with Crippen molar-refractivity contribution in [2.24, 2.45) is 0 Å². The van der Waals surface area contributed by atoms with Crippen LogP contribution in [0.4, 0.5) is 0 Å². The van der Waals surface area contributed by atoms with Crippen LogP contribution in [0.2, 0.25) is 0 Å². The van der Waals surface area contributed by atoms with Crippen LogP contribution in [-0.4, -0.2) is 5.11 Å². The standard InChI is InChI=1S/C13H14O2S/c1-10-3-2-4-12(7-14)13(10)15-8-11-5-6-16-9-11/h2-6,9,14H,7-8H2,1H3. The molecular formula is C13H14O2S. The Labute approximate surface area is 99.1 Å². The van der Waals surface area contributed by atoms with Gasteiger partial charge >= 0.3 is 0 Å². The molecule has 0 bridgehead atoms. The van der Waals surface area contributed by atoms with E-state index in [9.17, 15) is 5.11 Å². The second-order valence-corrected chi connectivity index (χ2v) is 4.42. The van der Waals surface area contributed by atoms with Crippen LogP contribution in [0.5, 0.6) is 5.75 Å². The molecule has 0 radical (unpaired) electrons. The van der Waals surface area contributed by atoms with E-state index in [1.165, 1.54) is 0 Å². The van der Waals surface area contributed by atoms with Crippen LogP contribution in [0.3, 0.4) is 0 Å². The van der Waals surface area contributed by atoms with Gasteiger partial charge in [0.2, 0.25) is 0 Å². The number of benzene rings is 1. The Hall–Kier alpha value is -1.32. The zero-order chi connectivity index (χ0) is 11.4. The molecule has 0 saturated heterocycles. The number of thiophene rings is 1. The first-order chi connectivity index (χ1) is 7.81. The van der Waals surface area contributed by atoms with Crippen molar-refractivity contribution in [3.8, 4) is 5.75 Å². The van der Waals surface area contributed by atoms with E-state index in [1.54, 1.807) is 11.3 Å². The summed E-state index contributed by atoms with van der Waals surface area (Å²) in [6, 6.07) is 7.85. The fraction of sp³-hybridized carbons (Fsp3) is 0.231. The molecule has 0 saturated carbocycles. The van der Waals surface area contributed by atoms with Gasteiger partial charge in [-0.15, -0.1) is 0 Å². The molecular weight excluding hydrogens is 220 g/mol. The minimum absolute atomic E-state index is 0.0145. The van der Waals surface area contributed by atoms with Crippen LogP contribution >= 0.6 is 11.3 Å². The van der Waals surface area contributed by atoms with Gasteiger partial charge in [0.05, 0.1) is 6.61 Å². The van der Waals surface area contributed by atoms with E-state index < -0.39 is 0 Å². The lowest BCUT2D eigenvalue weighted by atomic mass is 10.1. The average Bonchev–Trinajstić information content (AvgIpc) is 2.80. The Morgan fingerprint density at radius 1 is 1.31 bits per heavy atom. The van der Waals surface area contributed by atoms with Crippen LogP contribution in [0.15, 0.2) is 35.0 Å². The van der Waals surface area contributed by atoms with Gasteiger partial charge in [0.15, 0.2) is 0 Å². The Bertz CT molecular complexity index is 449. The lowest BCUT2D eigenvalue weighted by Gasteiger charge is -2.12. The van der Waals surface area contributed by atoms with Gasteiger partial charge in [0.1, 0.15) is 12.4 Å².